The van der Waals surface area contributed by atoms with E-state index >= 15 is 0 Å². The van der Waals surface area contributed by atoms with Crippen molar-refractivity contribution in [3.8, 4) is 16.9 Å². The molecule has 0 spiro atoms. The van der Waals surface area contributed by atoms with E-state index < -0.39 is 0 Å². The van der Waals surface area contributed by atoms with Gasteiger partial charge in [0.25, 0.3) is 5.91 Å². The van der Waals surface area contributed by atoms with Crippen molar-refractivity contribution < 1.29 is 13.6 Å². The van der Waals surface area contributed by atoms with Crippen LogP contribution in [0.3, 0.4) is 0 Å². The van der Waals surface area contributed by atoms with E-state index in [-0.39, 0.29) is 17.5 Å². The van der Waals surface area contributed by atoms with Gasteiger partial charge in [0.15, 0.2) is 0 Å². The number of benzene rings is 2. The van der Waals surface area contributed by atoms with E-state index in [0.717, 1.165) is 29.8 Å². The molecule has 0 aliphatic rings. The number of carbonyl (C=O) groups excluding carboxylic acids is 1. The Morgan fingerprint density at radius 1 is 1.06 bits per heavy atom. The molecule has 0 aliphatic carbocycles. The van der Waals surface area contributed by atoms with Crippen molar-refractivity contribution in [2.24, 2.45) is 0 Å². The fourth-order valence-corrected chi connectivity index (χ4v) is 3.53. The SMILES string of the molecule is Cc1c(C(=O)N(C)CCCc2cc(-c3ccc(F)cc3)n[nH]2)cnn1-c1ccc(F)cc1. The van der Waals surface area contributed by atoms with E-state index in [0.29, 0.717) is 23.5 Å². The van der Waals surface area contributed by atoms with E-state index in [1.807, 2.05) is 13.0 Å². The first-order valence-corrected chi connectivity index (χ1v) is 10.3. The van der Waals surface area contributed by atoms with Crippen molar-refractivity contribution in [1.82, 2.24) is 24.9 Å². The molecule has 4 aromatic rings. The van der Waals surface area contributed by atoms with Gasteiger partial charge in [0, 0.05) is 24.8 Å². The summed E-state index contributed by atoms with van der Waals surface area (Å²) in [5, 5.41) is 11.6. The number of hydrogen-bond donors (Lipinski definition) is 1. The first kappa shape index (κ1) is 21.4. The zero-order chi connectivity index (χ0) is 22.7. The molecule has 1 amide bonds. The van der Waals surface area contributed by atoms with Crippen LogP contribution in [-0.4, -0.2) is 44.4 Å². The predicted octanol–water partition coefficient (Wildman–Crippen LogP) is 4.55. The van der Waals surface area contributed by atoms with Crippen LogP contribution in [0.1, 0.15) is 28.2 Å². The van der Waals surface area contributed by atoms with Crippen LogP contribution in [0, 0.1) is 18.6 Å². The van der Waals surface area contributed by atoms with Gasteiger partial charge in [0.2, 0.25) is 0 Å². The van der Waals surface area contributed by atoms with Crippen LogP contribution in [0.5, 0.6) is 0 Å². The number of nitrogens with one attached hydrogen (secondary N) is 1. The number of aryl methyl sites for hydroxylation is 1. The maximum absolute atomic E-state index is 13.2. The van der Waals surface area contributed by atoms with Crippen molar-refractivity contribution in [2.75, 3.05) is 13.6 Å². The van der Waals surface area contributed by atoms with E-state index in [1.54, 1.807) is 47.1 Å². The summed E-state index contributed by atoms with van der Waals surface area (Å²) in [6.45, 7) is 2.38. The Morgan fingerprint density at radius 2 is 1.72 bits per heavy atom. The van der Waals surface area contributed by atoms with Gasteiger partial charge in [-0.1, -0.05) is 0 Å². The van der Waals surface area contributed by atoms with Gasteiger partial charge in [0.05, 0.1) is 28.8 Å². The number of aromatic nitrogens is 4. The van der Waals surface area contributed by atoms with E-state index in [2.05, 4.69) is 15.3 Å². The first-order chi connectivity index (χ1) is 15.4. The molecule has 0 fully saturated rings. The largest absolute Gasteiger partial charge is 0.342 e. The maximum atomic E-state index is 13.2. The summed E-state index contributed by atoms with van der Waals surface area (Å²) in [5.74, 6) is -0.722. The van der Waals surface area contributed by atoms with Crippen LogP contribution in [0.4, 0.5) is 8.78 Å². The third-order valence-corrected chi connectivity index (χ3v) is 5.37. The van der Waals surface area contributed by atoms with Gasteiger partial charge in [-0.3, -0.25) is 9.89 Å². The highest BCUT2D eigenvalue weighted by molar-refractivity contribution is 5.95. The summed E-state index contributed by atoms with van der Waals surface area (Å²) >= 11 is 0. The summed E-state index contributed by atoms with van der Waals surface area (Å²) in [6, 6.07) is 14.1. The molecule has 0 atom stereocenters. The number of hydrogen-bond acceptors (Lipinski definition) is 3. The number of aromatic amines is 1. The Kier molecular flexibility index (Phi) is 6.11. The summed E-state index contributed by atoms with van der Waals surface area (Å²) < 4.78 is 27.9. The lowest BCUT2D eigenvalue weighted by molar-refractivity contribution is 0.0792. The zero-order valence-corrected chi connectivity index (χ0v) is 17.8. The van der Waals surface area contributed by atoms with Crippen LogP contribution in [-0.2, 0) is 6.42 Å². The second kappa shape index (κ2) is 9.13. The second-order valence-corrected chi connectivity index (χ2v) is 7.65. The minimum Gasteiger partial charge on any atom is -0.342 e. The van der Waals surface area contributed by atoms with E-state index in [1.165, 1.54) is 24.3 Å². The van der Waals surface area contributed by atoms with Crippen molar-refractivity contribution in [2.45, 2.75) is 19.8 Å². The molecule has 6 nitrogen and oxygen atoms in total. The Morgan fingerprint density at radius 3 is 2.41 bits per heavy atom. The minimum atomic E-state index is -0.323. The average Bonchev–Trinajstić information content (AvgIpc) is 3.41. The fraction of sp³-hybridized carbons (Fsp3) is 0.208. The molecule has 4 rings (SSSR count). The average molecular weight is 435 g/mol. The highest BCUT2D eigenvalue weighted by Crippen LogP contribution is 2.19. The zero-order valence-electron chi connectivity index (χ0n) is 17.8. The van der Waals surface area contributed by atoms with Crippen LogP contribution < -0.4 is 0 Å². The molecule has 164 valence electrons. The molecule has 8 heteroatoms. The van der Waals surface area contributed by atoms with Gasteiger partial charge < -0.3 is 4.90 Å². The van der Waals surface area contributed by atoms with Crippen LogP contribution >= 0.6 is 0 Å². The van der Waals surface area contributed by atoms with Gasteiger partial charge >= 0.3 is 0 Å². The van der Waals surface area contributed by atoms with Gasteiger partial charge in [-0.05, 0) is 74.4 Å². The quantitative estimate of drug-likeness (QED) is 0.463. The number of H-pyrrole nitrogens is 1. The van der Waals surface area contributed by atoms with Crippen molar-refractivity contribution in [3.63, 3.8) is 0 Å². The summed E-state index contributed by atoms with van der Waals surface area (Å²) in [5.41, 5.74) is 4.46. The predicted molar refractivity (Wildman–Crippen MR) is 118 cm³/mol. The Bertz CT molecular complexity index is 1210. The minimum absolute atomic E-state index is 0.118. The number of carbonyl (C=O) groups is 1. The number of nitrogens with zero attached hydrogens (tertiary/aromatic N) is 4. The number of rotatable bonds is 7. The van der Waals surface area contributed by atoms with Gasteiger partial charge in [-0.25, -0.2) is 13.5 Å². The summed E-state index contributed by atoms with van der Waals surface area (Å²) in [6.07, 6.45) is 3.01. The second-order valence-electron chi connectivity index (χ2n) is 7.65. The molecule has 1 N–H and O–H groups in total. The van der Waals surface area contributed by atoms with Crippen molar-refractivity contribution in [1.29, 1.82) is 0 Å². The Hall–Kier alpha value is -3.81. The highest BCUT2D eigenvalue weighted by Gasteiger charge is 2.18. The third-order valence-electron chi connectivity index (χ3n) is 5.37. The van der Waals surface area contributed by atoms with Crippen molar-refractivity contribution in [3.05, 3.63) is 89.4 Å². The van der Waals surface area contributed by atoms with E-state index in [9.17, 15) is 13.6 Å². The molecule has 0 bridgehead atoms. The van der Waals surface area contributed by atoms with Crippen molar-refractivity contribution >= 4 is 5.91 Å². The molecule has 0 saturated carbocycles. The summed E-state index contributed by atoms with van der Waals surface area (Å²) in [7, 11) is 1.76. The lowest BCUT2D eigenvalue weighted by atomic mass is 10.1. The van der Waals surface area contributed by atoms with Crippen LogP contribution in [0.15, 0.2) is 60.8 Å². The molecule has 0 aliphatic heterocycles. The molecular weight excluding hydrogens is 412 g/mol. The maximum Gasteiger partial charge on any atom is 0.257 e. The molecule has 32 heavy (non-hydrogen) atoms. The Labute approximate surface area is 184 Å². The summed E-state index contributed by atoms with van der Waals surface area (Å²) in [4.78, 5) is 14.5. The normalized spacial score (nSPS) is 11.0. The topological polar surface area (TPSA) is 66.8 Å². The molecule has 0 saturated heterocycles. The smallest absolute Gasteiger partial charge is 0.257 e. The van der Waals surface area contributed by atoms with Crippen LogP contribution in [0.25, 0.3) is 16.9 Å². The first-order valence-electron chi connectivity index (χ1n) is 10.3. The molecule has 2 aromatic heterocycles. The number of amides is 1. The van der Waals surface area contributed by atoms with Crippen LogP contribution in [0.2, 0.25) is 0 Å². The monoisotopic (exact) mass is 435 g/mol. The lowest BCUT2D eigenvalue weighted by Crippen LogP contribution is -2.28. The third kappa shape index (κ3) is 4.59. The van der Waals surface area contributed by atoms with Gasteiger partial charge in [-0.15, -0.1) is 0 Å². The fourth-order valence-electron chi connectivity index (χ4n) is 3.53. The molecule has 0 unspecified atom stereocenters. The molecular formula is C24H23F2N5O. The molecule has 0 radical (unpaired) electrons. The van der Waals surface area contributed by atoms with Gasteiger partial charge in [-0.2, -0.15) is 10.2 Å². The molecule has 2 aromatic carbocycles. The standard InChI is InChI=1S/C24H23F2N5O/c1-16-22(15-27-31(16)21-11-9-19(26)10-12-21)24(32)30(2)13-3-4-20-14-23(29-28-20)17-5-7-18(25)8-6-17/h5-12,14-15H,3-4,13H2,1-2H3,(H,28,29). The van der Waals surface area contributed by atoms with E-state index in [4.69, 9.17) is 0 Å². The lowest BCUT2D eigenvalue weighted by Gasteiger charge is -2.16. The van der Waals surface area contributed by atoms with Gasteiger partial charge in [0.1, 0.15) is 11.6 Å². The highest BCUT2D eigenvalue weighted by atomic mass is 19.1. The molecule has 2 heterocycles. The Balaban J connectivity index is 1.35. The number of halogens is 2.